The molecule has 82 valence electrons. The molecule has 0 fully saturated rings. The summed E-state index contributed by atoms with van der Waals surface area (Å²) in [5, 5.41) is 0. The largest absolute Gasteiger partial charge is 0.461 e. The molecule has 0 unspecified atom stereocenters. The lowest BCUT2D eigenvalue weighted by atomic mass is 10.6. The van der Waals surface area contributed by atoms with Crippen LogP contribution >= 0.6 is 0 Å². The third-order valence-electron chi connectivity index (χ3n) is 2.25. The van der Waals surface area contributed by atoms with Crippen molar-refractivity contribution < 1.29 is 13.6 Å². The summed E-state index contributed by atoms with van der Waals surface area (Å²) in [5.74, 6) is -0.135. The molecule has 0 aliphatic heterocycles. The molecule has 0 spiro atoms. The van der Waals surface area contributed by atoms with Gasteiger partial charge in [-0.25, -0.2) is 0 Å². The molecule has 0 saturated carbocycles. The second kappa shape index (κ2) is 5.95. The number of nitrogens with zero attached hydrogens (tertiary/aromatic N) is 1. The number of amides is 1. The van der Waals surface area contributed by atoms with Gasteiger partial charge in [0.1, 0.15) is 0 Å². The van der Waals surface area contributed by atoms with Gasteiger partial charge in [0.05, 0.1) is 0 Å². The number of rotatable bonds is 6. The fourth-order valence-electron chi connectivity index (χ4n) is 1.46. The predicted octanol–water partition coefficient (Wildman–Crippen LogP) is 1.27. The average Bonchev–Trinajstić information content (AvgIpc) is 2.25. The van der Waals surface area contributed by atoms with E-state index in [9.17, 15) is 4.79 Å². The van der Waals surface area contributed by atoms with Crippen molar-refractivity contribution in [1.29, 1.82) is 0 Å². The van der Waals surface area contributed by atoms with Crippen molar-refractivity contribution in [1.82, 2.24) is 4.57 Å². The summed E-state index contributed by atoms with van der Waals surface area (Å²) in [6, 6.07) is 0.702. The second-order valence-corrected chi connectivity index (χ2v) is 6.25. The SMILES string of the molecule is C=CC(=O)N(CC)[Si](CC)(OC)OC. The Morgan fingerprint density at radius 2 is 1.93 bits per heavy atom. The van der Waals surface area contributed by atoms with Crippen molar-refractivity contribution in [2.75, 3.05) is 20.8 Å². The Hall–Kier alpha value is -0.653. The molecule has 0 heterocycles. The van der Waals surface area contributed by atoms with Gasteiger partial charge < -0.3 is 13.4 Å². The average molecular weight is 217 g/mol. The van der Waals surface area contributed by atoms with Gasteiger partial charge in [-0.1, -0.05) is 13.5 Å². The first-order chi connectivity index (χ1) is 6.61. The van der Waals surface area contributed by atoms with Gasteiger partial charge >= 0.3 is 8.72 Å². The molecule has 0 rings (SSSR count). The van der Waals surface area contributed by atoms with Crippen LogP contribution in [0, 0.1) is 0 Å². The van der Waals surface area contributed by atoms with Crippen LogP contribution in [0.4, 0.5) is 0 Å². The minimum Gasteiger partial charge on any atom is -0.382 e. The summed E-state index contributed by atoms with van der Waals surface area (Å²) in [5.41, 5.74) is 0. The monoisotopic (exact) mass is 217 g/mol. The molecular weight excluding hydrogens is 198 g/mol. The van der Waals surface area contributed by atoms with Crippen molar-refractivity contribution in [3.8, 4) is 0 Å². The zero-order valence-electron chi connectivity index (χ0n) is 9.37. The molecule has 5 heteroatoms. The molecule has 0 atom stereocenters. The van der Waals surface area contributed by atoms with Gasteiger partial charge in [0.2, 0.25) is 5.91 Å². The highest BCUT2D eigenvalue weighted by atomic mass is 28.4. The van der Waals surface area contributed by atoms with E-state index in [4.69, 9.17) is 8.85 Å². The van der Waals surface area contributed by atoms with E-state index in [1.807, 2.05) is 13.8 Å². The van der Waals surface area contributed by atoms with Crippen LogP contribution in [0.5, 0.6) is 0 Å². The summed E-state index contributed by atoms with van der Waals surface area (Å²) in [6.07, 6.45) is 1.29. The van der Waals surface area contributed by atoms with E-state index in [0.717, 1.165) is 0 Å². The minimum absolute atomic E-state index is 0.135. The zero-order chi connectivity index (χ0) is 11.2. The van der Waals surface area contributed by atoms with Gasteiger partial charge in [0.25, 0.3) is 0 Å². The number of hydrogen-bond acceptors (Lipinski definition) is 3. The highest BCUT2D eigenvalue weighted by Crippen LogP contribution is 2.17. The third-order valence-corrected chi connectivity index (χ3v) is 5.78. The van der Waals surface area contributed by atoms with Crippen LogP contribution in [0.25, 0.3) is 0 Å². The summed E-state index contributed by atoms with van der Waals surface area (Å²) >= 11 is 0. The van der Waals surface area contributed by atoms with E-state index >= 15 is 0 Å². The molecular formula is C9H19NO3Si. The Morgan fingerprint density at radius 1 is 1.43 bits per heavy atom. The van der Waals surface area contributed by atoms with Crippen molar-refractivity contribution in [2.45, 2.75) is 19.9 Å². The Bertz CT molecular complexity index is 196. The minimum atomic E-state index is -2.52. The van der Waals surface area contributed by atoms with E-state index in [0.29, 0.717) is 12.6 Å². The number of hydrogen-bond donors (Lipinski definition) is 0. The molecule has 0 aromatic heterocycles. The van der Waals surface area contributed by atoms with Gasteiger partial charge in [-0.05, 0) is 13.0 Å². The summed E-state index contributed by atoms with van der Waals surface area (Å²) in [7, 11) is 0.645. The summed E-state index contributed by atoms with van der Waals surface area (Å²) in [6.45, 7) is 7.90. The maximum atomic E-state index is 11.5. The molecule has 0 saturated heterocycles. The Balaban J connectivity index is 4.92. The molecule has 0 radical (unpaired) electrons. The Morgan fingerprint density at radius 3 is 2.14 bits per heavy atom. The molecule has 0 aromatic rings. The lowest BCUT2D eigenvalue weighted by Gasteiger charge is -2.35. The fourth-order valence-corrected chi connectivity index (χ4v) is 3.93. The van der Waals surface area contributed by atoms with E-state index in [1.165, 1.54) is 6.08 Å². The van der Waals surface area contributed by atoms with Gasteiger partial charge in [0, 0.05) is 26.8 Å². The molecule has 0 aromatic carbocycles. The summed E-state index contributed by atoms with van der Waals surface area (Å²) < 4.78 is 12.4. The van der Waals surface area contributed by atoms with Crippen molar-refractivity contribution >= 4 is 14.6 Å². The summed E-state index contributed by atoms with van der Waals surface area (Å²) in [4.78, 5) is 11.5. The van der Waals surface area contributed by atoms with Gasteiger partial charge in [-0.15, -0.1) is 0 Å². The van der Waals surface area contributed by atoms with Crippen LogP contribution in [-0.4, -0.2) is 40.0 Å². The number of carbonyl (C=O) groups excluding carboxylic acids is 1. The smallest absolute Gasteiger partial charge is 0.382 e. The zero-order valence-corrected chi connectivity index (χ0v) is 10.4. The highest BCUT2D eigenvalue weighted by molar-refractivity contribution is 6.67. The Labute approximate surface area is 86.8 Å². The van der Waals surface area contributed by atoms with Crippen molar-refractivity contribution in [3.63, 3.8) is 0 Å². The van der Waals surface area contributed by atoms with Crippen molar-refractivity contribution in [3.05, 3.63) is 12.7 Å². The maximum Gasteiger partial charge on any atom is 0.461 e. The Kier molecular flexibility index (Phi) is 5.67. The third kappa shape index (κ3) is 2.43. The first kappa shape index (κ1) is 13.3. The first-order valence-electron chi connectivity index (χ1n) is 4.66. The van der Waals surface area contributed by atoms with Gasteiger partial charge in [-0.2, -0.15) is 0 Å². The predicted molar refractivity (Wildman–Crippen MR) is 57.8 cm³/mol. The quantitative estimate of drug-likeness (QED) is 0.497. The maximum absolute atomic E-state index is 11.5. The molecule has 0 aliphatic rings. The van der Waals surface area contributed by atoms with E-state index in [2.05, 4.69) is 6.58 Å². The van der Waals surface area contributed by atoms with E-state index in [-0.39, 0.29) is 5.91 Å². The van der Waals surface area contributed by atoms with Crippen LogP contribution in [0.3, 0.4) is 0 Å². The number of likely N-dealkylation sites (N-methyl/N-ethyl adjacent to an activating group) is 1. The normalized spacial score (nSPS) is 11.1. The van der Waals surface area contributed by atoms with Crippen LogP contribution < -0.4 is 0 Å². The van der Waals surface area contributed by atoms with Crippen LogP contribution in [0.2, 0.25) is 6.04 Å². The van der Waals surface area contributed by atoms with Crippen LogP contribution in [0.15, 0.2) is 12.7 Å². The molecule has 0 aliphatic carbocycles. The highest BCUT2D eigenvalue weighted by Gasteiger charge is 2.43. The first-order valence-corrected chi connectivity index (χ1v) is 6.63. The molecule has 1 amide bonds. The molecule has 0 bridgehead atoms. The van der Waals surface area contributed by atoms with Crippen LogP contribution in [0.1, 0.15) is 13.8 Å². The number of carbonyl (C=O) groups is 1. The lowest BCUT2D eigenvalue weighted by Crippen LogP contribution is -2.59. The second-order valence-electron chi connectivity index (χ2n) is 2.76. The van der Waals surface area contributed by atoms with Crippen molar-refractivity contribution in [2.24, 2.45) is 0 Å². The van der Waals surface area contributed by atoms with Gasteiger partial charge in [-0.3, -0.25) is 4.79 Å². The van der Waals surface area contributed by atoms with E-state index in [1.54, 1.807) is 18.8 Å². The molecule has 0 N–H and O–H groups in total. The lowest BCUT2D eigenvalue weighted by molar-refractivity contribution is -0.123. The fraction of sp³-hybridized carbons (Fsp3) is 0.667. The molecule has 14 heavy (non-hydrogen) atoms. The molecule has 4 nitrogen and oxygen atoms in total. The standard InChI is InChI=1S/C9H19NO3Si/c1-6-9(11)10(7-2)14(8-3,12-4)13-5/h6H,1,7-8H2,2-5H3. The van der Waals surface area contributed by atoms with Gasteiger partial charge in [0.15, 0.2) is 0 Å². The van der Waals surface area contributed by atoms with Crippen LogP contribution in [-0.2, 0) is 13.6 Å². The van der Waals surface area contributed by atoms with E-state index < -0.39 is 8.72 Å². The topological polar surface area (TPSA) is 38.8 Å².